The maximum Gasteiger partial charge on any atom is 0.277 e. The van der Waals surface area contributed by atoms with Gasteiger partial charge in [-0.1, -0.05) is 53.9 Å². The molecular weight excluding hydrogens is 314 g/mol. The lowest BCUT2D eigenvalue weighted by molar-refractivity contribution is 0.472. The van der Waals surface area contributed by atoms with Gasteiger partial charge in [-0.05, 0) is 62.4 Å². The lowest BCUT2D eigenvalue weighted by atomic mass is 10.0. The molecule has 0 heterocycles. The highest BCUT2D eigenvalue weighted by Crippen LogP contribution is 2.35. The van der Waals surface area contributed by atoms with Gasteiger partial charge < -0.3 is 14.6 Å². The summed E-state index contributed by atoms with van der Waals surface area (Å²) < 4.78 is 4.43. The Morgan fingerprint density at radius 2 is 1.22 bits per heavy atom. The molecule has 3 N–H and O–H groups in total. The van der Waals surface area contributed by atoms with Crippen molar-refractivity contribution in [1.29, 1.82) is 0 Å². The molecule has 3 nitrogen and oxygen atoms in total. The van der Waals surface area contributed by atoms with E-state index in [-0.39, 0.29) is 0 Å². The predicted molar refractivity (Wildman–Crippen MR) is 110 cm³/mol. The van der Waals surface area contributed by atoms with Gasteiger partial charge in [0.25, 0.3) is 8.56 Å². The summed E-state index contributed by atoms with van der Waals surface area (Å²) >= 11 is 0. The SMILES string of the molecule is CCCN[Si](NCCC)(N[Si](CC)(CC)CC)C1CCCCC1. The van der Waals surface area contributed by atoms with Crippen LogP contribution in [0.4, 0.5) is 0 Å². The smallest absolute Gasteiger partial charge is 0.277 e. The van der Waals surface area contributed by atoms with Gasteiger partial charge in [-0.2, -0.15) is 0 Å². The third-order valence-corrected chi connectivity index (χ3v) is 17.2. The van der Waals surface area contributed by atoms with E-state index in [1.54, 1.807) is 0 Å². The van der Waals surface area contributed by atoms with E-state index in [0.29, 0.717) is 0 Å². The molecule has 1 fully saturated rings. The van der Waals surface area contributed by atoms with Crippen LogP contribution >= 0.6 is 0 Å². The van der Waals surface area contributed by atoms with Crippen LogP contribution in [0.5, 0.6) is 0 Å². The van der Waals surface area contributed by atoms with Crippen molar-refractivity contribution in [1.82, 2.24) is 14.6 Å². The second-order valence-electron chi connectivity index (χ2n) is 7.46. The van der Waals surface area contributed by atoms with Crippen molar-refractivity contribution in [2.45, 2.75) is 103 Å². The molecule has 0 unspecified atom stereocenters. The molecule has 0 aromatic rings. The average molecular weight is 358 g/mol. The normalized spacial score (nSPS) is 17.6. The van der Waals surface area contributed by atoms with E-state index in [4.69, 9.17) is 0 Å². The van der Waals surface area contributed by atoms with Crippen molar-refractivity contribution in [3.63, 3.8) is 0 Å². The molecule has 0 aromatic heterocycles. The van der Waals surface area contributed by atoms with E-state index in [1.807, 2.05) is 0 Å². The lowest BCUT2D eigenvalue weighted by Crippen LogP contribution is -2.80. The quantitative estimate of drug-likeness (QED) is 0.437. The van der Waals surface area contributed by atoms with Gasteiger partial charge >= 0.3 is 0 Å². The minimum Gasteiger partial charge on any atom is -0.334 e. The Balaban J connectivity index is 3.06. The first-order valence-electron chi connectivity index (χ1n) is 10.4. The Morgan fingerprint density at radius 1 is 0.739 bits per heavy atom. The van der Waals surface area contributed by atoms with Crippen LogP contribution in [0.25, 0.3) is 0 Å². The Bertz CT molecular complexity index is 286. The van der Waals surface area contributed by atoms with Gasteiger partial charge in [-0.25, -0.2) is 0 Å². The summed E-state index contributed by atoms with van der Waals surface area (Å²) in [5.41, 5.74) is 0.867. The van der Waals surface area contributed by atoms with Crippen LogP contribution in [0, 0.1) is 0 Å². The van der Waals surface area contributed by atoms with Gasteiger partial charge in [0, 0.05) is 0 Å². The van der Waals surface area contributed by atoms with Gasteiger partial charge in [0.05, 0.1) is 0 Å². The Kier molecular flexibility index (Phi) is 10.2. The largest absolute Gasteiger partial charge is 0.334 e. The number of nitrogens with one attached hydrogen (secondary N) is 3. The van der Waals surface area contributed by atoms with Gasteiger partial charge in [0.2, 0.25) is 0 Å². The molecule has 0 amide bonds. The molecule has 0 radical (unpaired) electrons. The third-order valence-electron chi connectivity index (χ3n) is 6.02. The summed E-state index contributed by atoms with van der Waals surface area (Å²) in [5, 5.41) is 0. The van der Waals surface area contributed by atoms with Crippen LogP contribution in [0.3, 0.4) is 0 Å². The summed E-state index contributed by atoms with van der Waals surface area (Å²) in [6, 6.07) is 4.09. The summed E-state index contributed by atoms with van der Waals surface area (Å²) in [5.74, 6) is 0. The molecule has 1 aliphatic rings. The van der Waals surface area contributed by atoms with Crippen molar-refractivity contribution in [3.05, 3.63) is 0 Å². The number of hydrogen-bond donors (Lipinski definition) is 3. The average Bonchev–Trinajstić information content (AvgIpc) is 2.62. The van der Waals surface area contributed by atoms with E-state index < -0.39 is 16.8 Å². The standard InChI is InChI=1S/C18H43N3Si2/c1-6-16-19-23(20-17-7-2,18-14-12-11-13-15-18)21-22(8-3,9-4)10-5/h18-21H,6-17H2,1-5H3. The third kappa shape index (κ3) is 5.96. The fourth-order valence-corrected chi connectivity index (χ4v) is 15.9. The topological polar surface area (TPSA) is 36.1 Å². The first-order valence-corrected chi connectivity index (χ1v) is 15.1. The van der Waals surface area contributed by atoms with E-state index in [1.165, 1.54) is 63.1 Å². The molecule has 1 saturated carbocycles. The predicted octanol–water partition coefficient (Wildman–Crippen LogP) is 4.85. The van der Waals surface area contributed by atoms with Crippen LogP contribution in [0.1, 0.15) is 79.6 Å². The minimum atomic E-state index is -1.82. The van der Waals surface area contributed by atoms with Crippen LogP contribution in [-0.2, 0) is 0 Å². The van der Waals surface area contributed by atoms with E-state index in [2.05, 4.69) is 49.2 Å². The molecule has 5 heteroatoms. The highest BCUT2D eigenvalue weighted by molar-refractivity contribution is 6.91. The first-order chi connectivity index (χ1) is 11.1. The Hall–Kier alpha value is 0.314. The van der Waals surface area contributed by atoms with Crippen LogP contribution in [0.15, 0.2) is 0 Å². The molecule has 0 saturated heterocycles. The fraction of sp³-hybridized carbons (Fsp3) is 1.00. The van der Waals surface area contributed by atoms with Crippen molar-refractivity contribution < 1.29 is 0 Å². The molecule has 1 aliphatic carbocycles. The van der Waals surface area contributed by atoms with Gasteiger partial charge in [0.1, 0.15) is 8.24 Å². The van der Waals surface area contributed by atoms with Gasteiger partial charge in [0.15, 0.2) is 0 Å². The Morgan fingerprint density at radius 3 is 1.61 bits per heavy atom. The first kappa shape index (κ1) is 21.4. The van der Waals surface area contributed by atoms with Crippen molar-refractivity contribution in [3.8, 4) is 0 Å². The van der Waals surface area contributed by atoms with Crippen LogP contribution in [-0.4, -0.2) is 29.9 Å². The maximum atomic E-state index is 4.43. The maximum absolute atomic E-state index is 4.43. The lowest BCUT2D eigenvalue weighted by Gasteiger charge is -2.47. The van der Waals surface area contributed by atoms with E-state index >= 15 is 0 Å². The zero-order chi connectivity index (χ0) is 17.2. The number of hydrogen-bond acceptors (Lipinski definition) is 3. The highest BCUT2D eigenvalue weighted by Gasteiger charge is 2.47. The van der Waals surface area contributed by atoms with E-state index in [9.17, 15) is 0 Å². The Labute approximate surface area is 148 Å². The zero-order valence-electron chi connectivity index (χ0n) is 16.6. The highest BCUT2D eigenvalue weighted by atomic mass is 28.4. The van der Waals surface area contributed by atoms with Crippen molar-refractivity contribution >= 4 is 16.8 Å². The van der Waals surface area contributed by atoms with Crippen LogP contribution in [0.2, 0.25) is 23.7 Å². The molecule has 0 bridgehead atoms. The second kappa shape index (κ2) is 11.0. The summed E-state index contributed by atoms with van der Waals surface area (Å²) in [6.45, 7) is 14.2. The molecule has 0 aromatic carbocycles. The minimum absolute atomic E-state index is 0.867. The monoisotopic (exact) mass is 357 g/mol. The molecule has 138 valence electrons. The summed E-state index contributed by atoms with van der Waals surface area (Å²) in [4.78, 5) is 8.19. The van der Waals surface area contributed by atoms with Crippen LogP contribution < -0.4 is 14.6 Å². The summed E-state index contributed by atoms with van der Waals surface area (Å²) in [7, 11) is -3.17. The van der Waals surface area contributed by atoms with Crippen molar-refractivity contribution in [2.75, 3.05) is 13.1 Å². The molecular formula is C18H43N3Si2. The van der Waals surface area contributed by atoms with Crippen molar-refractivity contribution in [2.24, 2.45) is 0 Å². The molecule has 0 spiro atoms. The second-order valence-corrected chi connectivity index (χ2v) is 16.3. The molecule has 23 heavy (non-hydrogen) atoms. The number of rotatable bonds is 12. The molecule has 1 rings (SSSR count). The zero-order valence-corrected chi connectivity index (χ0v) is 18.6. The van der Waals surface area contributed by atoms with Gasteiger partial charge in [-0.15, -0.1) is 0 Å². The fourth-order valence-electron chi connectivity index (χ4n) is 4.15. The van der Waals surface area contributed by atoms with E-state index in [0.717, 1.165) is 18.6 Å². The molecule has 0 aliphatic heterocycles. The van der Waals surface area contributed by atoms with Gasteiger partial charge in [-0.3, -0.25) is 0 Å². The molecule has 0 atom stereocenters. The summed E-state index contributed by atoms with van der Waals surface area (Å²) in [6.07, 6.45) is 9.62.